The molecule has 138 valence electrons. The summed E-state index contributed by atoms with van der Waals surface area (Å²) in [5, 5.41) is 7.19. The molecule has 2 N–H and O–H groups in total. The van der Waals surface area contributed by atoms with Crippen molar-refractivity contribution in [3.05, 3.63) is 60.8 Å². The maximum atomic E-state index is 12.3. The van der Waals surface area contributed by atoms with Gasteiger partial charge in [0, 0.05) is 36.0 Å². The number of benzene rings is 2. The van der Waals surface area contributed by atoms with E-state index in [1.807, 2.05) is 42.5 Å². The predicted octanol–water partition coefficient (Wildman–Crippen LogP) is 4.28. The summed E-state index contributed by atoms with van der Waals surface area (Å²) in [6, 6.07) is 18.0. The molecular weight excluding hydrogens is 336 g/mol. The summed E-state index contributed by atoms with van der Waals surface area (Å²) in [6.45, 7) is 2.44. The number of nitrogens with zero attached hydrogens (tertiary/aromatic N) is 2. The normalized spacial score (nSPS) is 14.1. The van der Waals surface area contributed by atoms with E-state index in [1.165, 1.54) is 24.9 Å². The van der Waals surface area contributed by atoms with E-state index in [9.17, 15) is 4.79 Å². The lowest BCUT2D eigenvalue weighted by Gasteiger charge is -2.28. The Morgan fingerprint density at radius 3 is 2.56 bits per heavy atom. The minimum Gasteiger partial charge on any atom is -0.374 e. The fourth-order valence-corrected chi connectivity index (χ4v) is 3.54. The maximum absolute atomic E-state index is 12.3. The molecule has 27 heavy (non-hydrogen) atoms. The molecule has 0 aliphatic carbocycles. The van der Waals surface area contributed by atoms with Gasteiger partial charge in [0.2, 0.25) is 5.91 Å². The standard InChI is InChI=1S/C22H24N4O/c27-21(16-24-20-8-4-6-17-7-5-13-23-22(17)20)25-18-9-11-19(12-10-18)26-14-2-1-3-15-26/h4-13,24H,1-3,14-16H2,(H,25,27). The SMILES string of the molecule is O=C(CNc1cccc2cccnc12)Nc1ccc(N2CCCCC2)cc1. The number of para-hydroxylation sites is 1. The smallest absolute Gasteiger partial charge is 0.243 e. The number of anilines is 3. The third kappa shape index (κ3) is 4.19. The molecule has 1 aromatic heterocycles. The van der Waals surface area contributed by atoms with Gasteiger partial charge >= 0.3 is 0 Å². The Bertz CT molecular complexity index is 912. The van der Waals surface area contributed by atoms with Gasteiger partial charge < -0.3 is 15.5 Å². The van der Waals surface area contributed by atoms with Crippen molar-refractivity contribution in [3.8, 4) is 0 Å². The lowest BCUT2D eigenvalue weighted by atomic mass is 10.1. The molecule has 2 aromatic carbocycles. The van der Waals surface area contributed by atoms with E-state index in [1.54, 1.807) is 6.20 Å². The van der Waals surface area contributed by atoms with E-state index in [4.69, 9.17) is 0 Å². The first-order chi connectivity index (χ1) is 13.3. The summed E-state index contributed by atoms with van der Waals surface area (Å²) in [7, 11) is 0. The second-order valence-electron chi connectivity index (χ2n) is 6.88. The van der Waals surface area contributed by atoms with Crippen LogP contribution in [0.25, 0.3) is 10.9 Å². The van der Waals surface area contributed by atoms with Crippen LogP contribution in [0.1, 0.15) is 19.3 Å². The van der Waals surface area contributed by atoms with Gasteiger partial charge in [-0.05, 0) is 55.7 Å². The molecule has 4 rings (SSSR count). The minimum absolute atomic E-state index is 0.0753. The maximum Gasteiger partial charge on any atom is 0.243 e. The monoisotopic (exact) mass is 360 g/mol. The predicted molar refractivity (Wildman–Crippen MR) is 111 cm³/mol. The number of nitrogens with one attached hydrogen (secondary N) is 2. The number of pyridine rings is 1. The summed E-state index contributed by atoms with van der Waals surface area (Å²) in [6.07, 6.45) is 5.60. The van der Waals surface area contributed by atoms with Crippen molar-refractivity contribution in [2.75, 3.05) is 35.2 Å². The van der Waals surface area contributed by atoms with Gasteiger partial charge in [-0.15, -0.1) is 0 Å². The summed E-state index contributed by atoms with van der Waals surface area (Å²) in [5.74, 6) is -0.0753. The van der Waals surface area contributed by atoms with Crippen molar-refractivity contribution in [2.45, 2.75) is 19.3 Å². The first-order valence-electron chi connectivity index (χ1n) is 9.52. The second kappa shape index (κ2) is 8.08. The number of carbonyl (C=O) groups excluding carboxylic acids is 1. The van der Waals surface area contributed by atoms with Crippen molar-refractivity contribution >= 4 is 33.9 Å². The largest absolute Gasteiger partial charge is 0.374 e. The Morgan fingerprint density at radius 1 is 0.963 bits per heavy atom. The zero-order chi connectivity index (χ0) is 18.5. The number of fused-ring (bicyclic) bond motifs is 1. The van der Waals surface area contributed by atoms with Crippen LogP contribution in [0.4, 0.5) is 17.1 Å². The minimum atomic E-state index is -0.0753. The van der Waals surface area contributed by atoms with Gasteiger partial charge in [0.05, 0.1) is 17.7 Å². The highest BCUT2D eigenvalue weighted by Gasteiger charge is 2.11. The molecule has 1 aliphatic heterocycles. The average molecular weight is 360 g/mol. The number of carbonyl (C=O) groups is 1. The van der Waals surface area contributed by atoms with Crippen LogP contribution in [0.15, 0.2) is 60.8 Å². The van der Waals surface area contributed by atoms with Crippen molar-refractivity contribution < 1.29 is 4.79 Å². The van der Waals surface area contributed by atoms with Gasteiger partial charge in [-0.25, -0.2) is 0 Å². The van der Waals surface area contributed by atoms with Crippen LogP contribution < -0.4 is 15.5 Å². The molecule has 5 heteroatoms. The molecule has 0 atom stereocenters. The lowest BCUT2D eigenvalue weighted by molar-refractivity contribution is -0.114. The molecule has 1 saturated heterocycles. The van der Waals surface area contributed by atoms with Gasteiger partial charge in [0.25, 0.3) is 0 Å². The molecule has 5 nitrogen and oxygen atoms in total. The number of aromatic nitrogens is 1. The molecule has 1 amide bonds. The van der Waals surface area contributed by atoms with E-state index in [2.05, 4.69) is 32.7 Å². The summed E-state index contributed by atoms with van der Waals surface area (Å²) in [5.41, 5.74) is 3.79. The summed E-state index contributed by atoms with van der Waals surface area (Å²) >= 11 is 0. The number of rotatable bonds is 5. The van der Waals surface area contributed by atoms with Crippen molar-refractivity contribution in [1.82, 2.24) is 4.98 Å². The van der Waals surface area contributed by atoms with Gasteiger partial charge in [-0.3, -0.25) is 9.78 Å². The molecule has 2 heterocycles. The topological polar surface area (TPSA) is 57.3 Å². The highest BCUT2D eigenvalue weighted by Crippen LogP contribution is 2.22. The van der Waals surface area contributed by atoms with Crippen molar-refractivity contribution in [3.63, 3.8) is 0 Å². The highest BCUT2D eigenvalue weighted by molar-refractivity contribution is 5.96. The van der Waals surface area contributed by atoms with Crippen molar-refractivity contribution in [2.24, 2.45) is 0 Å². The van der Waals surface area contributed by atoms with E-state index in [0.717, 1.165) is 35.4 Å². The summed E-state index contributed by atoms with van der Waals surface area (Å²) < 4.78 is 0. The Balaban J connectivity index is 1.35. The lowest BCUT2D eigenvalue weighted by Crippen LogP contribution is -2.29. The molecule has 0 saturated carbocycles. The van der Waals surface area contributed by atoms with Crippen molar-refractivity contribution in [1.29, 1.82) is 0 Å². The van der Waals surface area contributed by atoms with E-state index in [-0.39, 0.29) is 12.5 Å². The molecule has 0 radical (unpaired) electrons. The molecular formula is C22H24N4O. The first-order valence-corrected chi connectivity index (χ1v) is 9.52. The fraction of sp³-hybridized carbons (Fsp3) is 0.273. The molecule has 0 bridgehead atoms. The van der Waals surface area contributed by atoms with Crippen LogP contribution in [0.3, 0.4) is 0 Å². The molecule has 1 aliphatic rings. The molecule has 1 fully saturated rings. The highest BCUT2D eigenvalue weighted by atomic mass is 16.1. The average Bonchev–Trinajstić information content (AvgIpc) is 2.73. The Morgan fingerprint density at radius 2 is 1.74 bits per heavy atom. The third-order valence-corrected chi connectivity index (χ3v) is 4.94. The Labute approximate surface area is 159 Å². The zero-order valence-corrected chi connectivity index (χ0v) is 15.3. The number of amides is 1. The first kappa shape index (κ1) is 17.3. The van der Waals surface area contributed by atoms with E-state index in [0.29, 0.717) is 0 Å². The van der Waals surface area contributed by atoms with E-state index < -0.39 is 0 Å². The van der Waals surface area contributed by atoms with Gasteiger partial charge in [-0.1, -0.05) is 18.2 Å². The number of piperidine rings is 1. The molecule has 0 unspecified atom stereocenters. The van der Waals surface area contributed by atoms with Crippen LogP contribution in [0.2, 0.25) is 0 Å². The molecule has 0 spiro atoms. The Kier molecular flexibility index (Phi) is 5.19. The van der Waals surface area contributed by atoms with Crippen LogP contribution in [0, 0.1) is 0 Å². The number of hydrogen-bond donors (Lipinski definition) is 2. The van der Waals surface area contributed by atoms with Crippen LogP contribution in [-0.2, 0) is 4.79 Å². The van der Waals surface area contributed by atoms with E-state index >= 15 is 0 Å². The molecule has 3 aromatic rings. The van der Waals surface area contributed by atoms with Crippen LogP contribution >= 0.6 is 0 Å². The van der Waals surface area contributed by atoms with Gasteiger partial charge in [0.1, 0.15) is 0 Å². The fourth-order valence-electron chi connectivity index (χ4n) is 3.54. The summed E-state index contributed by atoms with van der Waals surface area (Å²) in [4.78, 5) is 19.1. The quantitative estimate of drug-likeness (QED) is 0.713. The van der Waals surface area contributed by atoms with Crippen LogP contribution in [0.5, 0.6) is 0 Å². The van der Waals surface area contributed by atoms with Crippen LogP contribution in [-0.4, -0.2) is 30.5 Å². The van der Waals surface area contributed by atoms with Gasteiger partial charge in [0.15, 0.2) is 0 Å². The Hall–Kier alpha value is -3.08. The third-order valence-electron chi connectivity index (χ3n) is 4.94. The zero-order valence-electron chi connectivity index (χ0n) is 15.3. The number of hydrogen-bond acceptors (Lipinski definition) is 4. The van der Waals surface area contributed by atoms with Gasteiger partial charge in [-0.2, -0.15) is 0 Å². The second-order valence-corrected chi connectivity index (χ2v) is 6.88.